The van der Waals surface area contributed by atoms with Crippen LogP contribution in [-0.4, -0.2) is 48.1 Å². The van der Waals surface area contributed by atoms with Gasteiger partial charge >= 0.3 is 0 Å². The molecule has 18 heavy (non-hydrogen) atoms. The molecule has 0 amide bonds. The third-order valence-electron chi connectivity index (χ3n) is 4.60. The Morgan fingerprint density at radius 3 is 2.50 bits per heavy atom. The number of unbranched alkanes of at least 4 members (excludes halogenated alkanes) is 1. The minimum atomic E-state index is 0.380. The van der Waals surface area contributed by atoms with E-state index in [-0.39, 0.29) is 0 Å². The van der Waals surface area contributed by atoms with Crippen molar-refractivity contribution in [1.82, 2.24) is 10.2 Å². The van der Waals surface area contributed by atoms with Crippen molar-refractivity contribution in [3.05, 3.63) is 0 Å². The Balaban J connectivity index is 2.48. The standard InChI is InChI=1S/C15H32N2S/c1-5-14-12-16-15(6-2,7-3)13-17(14)10-8-9-11-18-4/h14,16H,5-13H2,1-4H3. The van der Waals surface area contributed by atoms with Crippen molar-refractivity contribution >= 4 is 11.8 Å². The van der Waals surface area contributed by atoms with Crippen LogP contribution in [0.1, 0.15) is 52.9 Å². The molecule has 0 saturated carbocycles. The Bertz CT molecular complexity index is 217. The number of hydrogen-bond donors (Lipinski definition) is 1. The van der Waals surface area contributed by atoms with E-state index in [4.69, 9.17) is 0 Å². The summed E-state index contributed by atoms with van der Waals surface area (Å²) in [7, 11) is 0. The molecule has 0 aromatic heterocycles. The van der Waals surface area contributed by atoms with Crippen LogP contribution in [0.5, 0.6) is 0 Å². The first-order valence-corrected chi connectivity index (χ1v) is 9.08. The number of nitrogens with zero attached hydrogens (tertiary/aromatic N) is 1. The molecule has 108 valence electrons. The molecule has 1 atom stereocenters. The maximum Gasteiger partial charge on any atom is 0.0304 e. The highest BCUT2D eigenvalue weighted by atomic mass is 32.2. The summed E-state index contributed by atoms with van der Waals surface area (Å²) in [6.07, 6.45) is 8.72. The summed E-state index contributed by atoms with van der Waals surface area (Å²) in [5.74, 6) is 1.32. The van der Waals surface area contributed by atoms with Crippen molar-refractivity contribution < 1.29 is 0 Å². The van der Waals surface area contributed by atoms with Gasteiger partial charge in [-0.25, -0.2) is 0 Å². The topological polar surface area (TPSA) is 15.3 Å². The third-order valence-corrected chi connectivity index (χ3v) is 5.30. The van der Waals surface area contributed by atoms with Crippen molar-refractivity contribution in [2.24, 2.45) is 0 Å². The number of nitrogens with one attached hydrogen (secondary N) is 1. The van der Waals surface area contributed by atoms with Gasteiger partial charge in [0.2, 0.25) is 0 Å². The lowest BCUT2D eigenvalue weighted by Crippen LogP contribution is -2.63. The summed E-state index contributed by atoms with van der Waals surface area (Å²) in [4.78, 5) is 2.75. The quantitative estimate of drug-likeness (QED) is 0.682. The summed E-state index contributed by atoms with van der Waals surface area (Å²) >= 11 is 1.97. The SMILES string of the molecule is CCC1CNC(CC)(CC)CN1CCCCSC. The van der Waals surface area contributed by atoms with Crippen LogP contribution < -0.4 is 5.32 Å². The normalized spacial score (nSPS) is 24.3. The van der Waals surface area contributed by atoms with E-state index in [1.807, 2.05) is 11.8 Å². The molecule has 2 nitrogen and oxygen atoms in total. The van der Waals surface area contributed by atoms with Gasteiger partial charge in [0.05, 0.1) is 0 Å². The van der Waals surface area contributed by atoms with Gasteiger partial charge < -0.3 is 5.32 Å². The summed E-state index contributed by atoms with van der Waals surface area (Å²) in [5.41, 5.74) is 0.380. The number of piperazine rings is 1. The van der Waals surface area contributed by atoms with Crippen molar-refractivity contribution in [2.45, 2.75) is 64.5 Å². The van der Waals surface area contributed by atoms with Crippen LogP contribution in [0.3, 0.4) is 0 Å². The van der Waals surface area contributed by atoms with E-state index in [0.29, 0.717) is 5.54 Å². The molecule has 3 heteroatoms. The van der Waals surface area contributed by atoms with Gasteiger partial charge in [0.1, 0.15) is 0 Å². The van der Waals surface area contributed by atoms with Gasteiger partial charge in [0.25, 0.3) is 0 Å². The maximum absolute atomic E-state index is 3.82. The minimum absolute atomic E-state index is 0.380. The first-order chi connectivity index (χ1) is 8.71. The van der Waals surface area contributed by atoms with Gasteiger partial charge in [-0.1, -0.05) is 20.8 Å². The second kappa shape index (κ2) is 8.44. The molecule has 0 aromatic rings. The van der Waals surface area contributed by atoms with Crippen LogP contribution in [-0.2, 0) is 0 Å². The van der Waals surface area contributed by atoms with Gasteiger partial charge in [0, 0.05) is 24.7 Å². The van der Waals surface area contributed by atoms with Crippen molar-refractivity contribution in [2.75, 3.05) is 31.6 Å². The molecule has 0 aliphatic carbocycles. The molecule has 0 bridgehead atoms. The predicted octanol–water partition coefficient (Wildman–Crippen LogP) is 3.37. The molecule has 1 unspecified atom stereocenters. The second-order valence-electron chi connectivity index (χ2n) is 5.60. The van der Waals surface area contributed by atoms with Crippen molar-refractivity contribution in [3.8, 4) is 0 Å². The number of rotatable bonds is 8. The zero-order valence-corrected chi connectivity index (χ0v) is 13.6. The van der Waals surface area contributed by atoms with Crippen LogP contribution in [0.2, 0.25) is 0 Å². The van der Waals surface area contributed by atoms with Crippen LogP contribution in [0, 0.1) is 0 Å². The highest BCUT2D eigenvalue weighted by molar-refractivity contribution is 7.98. The molecule has 0 spiro atoms. The Labute approximate surface area is 118 Å². The van der Waals surface area contributed by atoms with E-state index < -0.39 is 0 Å². The molecular weight excluding hydrogens is 240 g/mol. The van der Waals surface area contributed by atoms with E-state index in [9.17, 15) is 0 Å². The van der Waals surface area contributed by atoms with E-state index in [1.165, 1.54) is 57.5 Å². The summed E-state index contributed by atoms with van der Waals surface area (Å²) in [5, 5.41) is 3.82. The highest BCUT2D eigenvalue weighted by Gasteiger charge is 2.35. The molecular formula is C15H32N2S. The average Bonchev–Trinajstić information content (AvgIpc) is 2.43. The Morgan fingerprint density at radius 2 is 1.94 bits per heavy atom. The van der Waals surface area contributed by atoms with Crippen LogP contribution in [0.25, 0.3) is 0 Å². The molecule has 1 N–H and O–H groups in total. The molecule has 1 aliphatic heterocycles. The average molecular weight is 273 g/mol. The second-order valence-corrected chi connectivity index (χ2v) is 6.59. The monoisotopic (exact) mass is 272 g/mol. The van der Waals surface area contributed by atoms with E-state index in [2.05, 4.69) is 37.2 Å². The van der Waals surface area contributed by atoms with Crippen molar-refractivity contribution in [1.29, 1.82) is 0 Å². The van der Waals surface area contributed by atoms with Crippen LogP contribution in [0.15, 0.2) is 0 Å². The largest absolute Gasteiger partial charge is 0.308 e. The minimum Gasteiger partial charge on any atom is -0.308 e. The van der Waals surface area contributed by atoms with Gasteiger partial charge in [0.15, 0.2) is 0 Å². The lowest BCUT2D eigenvalue weighted by atomic mass is 9.88. The summed E-state index contributed by atoms with van der Waals surface area (Å²) < 4.78 is 0. The molecule has 0 aromatic carbocycles. The Hall–Kier alpha value is 0.270. The smallest absolute Gasteiger partial charge is 0.0304 e. The third kappa shape index (κ3) is 4.43. The van der Waals surface area contributed by atoms with Gasteiger partial charge in [-0.3, -0.25) is 4.90 Å². The molecule has 1 rings (SSSR count). The fraction of sp³-hybridized carbons (Fsp3) is 1.00. The summed E-state index contributed by atoms with van der Waals surface area (Å²) in [6.45, 7) is 10.7. The molecule has 1 fully saturated rings. The van der Waals surface area contributed by atoms with E-state index >= 15 is 0 Å². The number of thioether (sulfide) groups is 1. The summed E-state index contributed by atoms with van der Waals surface area (Å²) in [6, 6.07) is 0.755. The van der Waals surface area contributed by atoms with Gasteiger partial charge in [-0.05, 0) is 50.7 Å². The first kappa shape index (κ1) is 16.3. The van der Waals surface area contributed by atoms with Crippen LogP contribution >= 0.6 is 11.8 Å². The Morgan fingerprint density at radius 1 is 1.22 bits per heavy atom. The zero-order chi connectivity index (χ0) is 13.4. The predicted molar refractivity (Wildman–Crippen MR) is 84.6 cm³/mol. The van der Waals surface area contributed by atoms with Gasteiger partial charge in [-0.15, -0.1) is 0 Å². The molecule has 1 saturated heterocycles. The van der Waals surface area contributed by atoms with Gasteiger partial charge in [-0.2, -0.15) is 11.8 Å². The molecule has 1 heterocycles. The molecule has 0 radical (unpaired) electrons. The maximum atomic E-state index is 3.82. The fourth-order valence-electron chi connectivity index (χ4n) is 2.99. The van der Waals surface area contributed by atoms with E-state index in [1.54, 1.807) is 0 Å². The van der Waals surface area contributed by atoms with Crippen LogP contribution in [0.4, 0.5) is 0 Å². The number of hydrogen-bond acceptors (Lipinski definition) is 3. The highest BCUT2D eigenvalue weighted by Crippen LogP contribution is 2.24. The first-order valence-electron chi connectivity index (χ1n) is 7.69. The van der Waals surface area contributed by atoms with E-state index in [0.717, 1.165) is 6.04 Å². The lowest BCUT2D eigenvalue weighted by Gasteiger charge is -2.47. The van der Waals surface area contributed by atoms with Crippen molar-refractivity contribution in [3.63, 3.8) is 0 Å². The lowest BCUT2D eigenvalue weighted by molar-refractivity contribution is 0.0696. The zero-order valence-electron chi connectivity index (χ0n) is 12.8. The fourth-order valence-corrected chi connectivity index (χ4v) is 3.48. The Kier molecular flexibility index (Phi) is 7.66. The molecule has 1 aliphatic rings.